The van der Waals surface area contributed by atoms with Crippen LogP contribution >= 0.6 is 0 Å². The first-order valence-electron chi connectivity index (χ1n) is 6.74. The standard InChI is InChI=1S/C15H24N2O/c1-4-10-17(11-5-2)12-14-6-8-15(9-7-14)16-13(3)18/h6-9H,4-5,10-12H2,1-3H3,(H,16,18). The lowest BCUT2D eigenvalue weighted by atomic mass is 10.2. The fourth-order valence-corrected chi connectivity index (χ4v) is 2.06. The number of hydrogen-bond donors (Lipinski definition) is 1. The lowest BCUT2D eigenvalue weighted by Crippen LogP contribution is -2.24. The van der Waals surface area contributed by atoms with Crippen LogP contribution in [0.25, 0.3) is 0 Å². The molecule has 0 atom stereocenters. The SMILES string of the molecule is CCCN(CCC)Cc1ccc(NC(C)=O)cc1. The van der Waals surface area contributed by atoms with Gasteiger partial charge in [-0.25, -0.2) is 0 Å². The van der Waals surface area contributed by atoms with Crippen molar-refractivity contribution in [3.63, 3.8) is 0 Å². The Labute approximate surface area is 110 Å². The molecule has 1 aromatic carbocycles. The van der Waals surface area contributed by atoms with E-state index in [2.05, 4.69) is 36.2 Å². The molecule has 3 nitrogen and oxygen atoms in total. The highest BCUT2D eigenvalue weighted by molar-refractivity contribution is 5.88. The first-order valence-corrected chi connectivity index (χ1v) is 6.74. The van der Waals surface area contributed by atoms with Crippen molar-refractivity contribution in [2.45, 2.75) is 40.2 Å². The zero-order valence-corrected chi connectivity index (χ0v) is 11.7. The summed E-state index contributed by atoms with van der Waals surface area (Å²) in [5.74, 6) is -0.0265. The summed E-state index contributed by atoms with van der Waals surface area (Å²) >= 11 is 0. The van der Waals surface area contributed by atoms with Crippen molar-refractivity contribution in [2.24, 2.45) is 0 Å². The zero-order valence-electron chi connectivity index (χ0n) is 11.7. The number of carbonyl (C=O) groups excluding carboxylic acids is 1. The van der Waals surface area contributed by atoms with Crippen molar-refractivity contribution >= 4 is 11.6 Å². The maximum absolute atomic E-state index is 10.9. The van der Waals surface area contributed by atoms with Gasteiger partial charge in [-0.3, -0.25) is 9.69 Å². The van der Waals surface area contributed by atoms with Gasteiger partial charge in [0.05, 0.1) is 0 Å². The Morgan fingerprint density at radius 1 is 1.11 bits per heavy atom. The quantitative estimate of drug-likeness (QED) is 0.803. The molecular weight excluding hydrogens is 224 g/mol. The second-order valence-corrected chi connectivity index (χ2v) is 4.65. The highest BCUT2D eigenvalue weighted by atomic mass is 16.1. The van der Waals surface area contributed by atoms with Crippen molar-refractivity contribution in [1.29, 1.82) is 0 Å². The third-order valence-electron chi connectivity index (χ3n) is 2.76. The van der Waals surface area contributed by atoms with Gasteiger partial charge in [-0.15, -0.1) is 0 Å². The molecule has 1 rings (SSSR count). The van der Waals surface area contributed by atoms with E-state index in [-0.39, 0.29) is 5.91 Å². The second kappa shape index (κ2) is 7.88. The first-order chi connectivity index (χ1) is 8.65. The average Bonchev–Trinajstić information content (AvgIpc) is 2.31. The summed E-state index contributed by atoms with van der Waals surface area (Å²) < 4.78 is 0. The van der Waals surface area contributed by atoms with Crippen LogP contribution in [0, 0.1) is 0 Å². The summed E-state index contributed by atoms with van der Waals surface area (Å²) in [6, 6.07) is 8.10. The molecule has 0 saturated heterocycles. The van der Waals surface area contributed by atoms with Gasteiger partial charge in [-0.2, -0.15) is 0 Å². The number of nitrogens with one attached hydrogen (secondary N) is 1. The van der Waals surface area contributed by atoms with E-state index in [0.717, 1.165) is 25.3 Å². The number of benzene rings is 1. The van der Waals surface area contributed by atoms with E-state index in [0.29, 0.717) is 0 Å². The van der Waals surface area contributed by atoms with Crippen molar-refractivity contribution in [1.82, 2.24) is 4.90 Å². The van der Waals surface area contributed by atoms with Crippen LogP contribution in [0.4, 0.5) is 5.69 Å². The van der Waals surface area contributed by atoms with Gasteiger partial charge in [0, 0.05) is 19.2 Å². The summed E-state index contributed by atoms with van der Waals surface area (Å²) in [6.45, 7) is 9.22. The van der Waals surface area contributed by atoms with E-state index >= 15 is 0 Å². The maximum Gasteiger partial charge on any atom is 0.221 e. The Bertz CT molecular complexity index is 353. The molecule has 0 fully saturated rings. The molecule has 1 amide bonds. The smallest absolute Gasteiger partial charge is 0.221 e. The molecule has 100 valence electrons. The molecule has 18 heavy (non-hydrogen) atoms. The lowest BCUT2D eigenvalue weighted by Gasteiger charge is -2.21. The molecular formula is C15H24N2O. The highest BCUT2D eigenvalue weighted by Gasteiger charge is 2.04. The fraction of sp³-hybridized carbons (Fsp3) is 0.533. The average molecular weight is 248 g/mol. The topological polar surface area (TPSA) is 32.3 Å². The zero-order chi connectivity index (χ0) is 13.4. The Balaban J connectivity index is 2.58. The van der Waals surface area contributed by atoms with E-state index in [1.165, 1.54) is 25.3 Å². The molecule has 0 saturated carbocycles. The minimum atomic E-state index is -0.0265. The van der Waals surface area contributed by atoms with Crippen molar-refractivity contribution in [3.8, 4) is 0 Å². The van der Waals surface area contributed by atoms with Crippen molar-refractivity contribution in [3.05, 3.63) is 29.8 Å². The monoisotopic (exact) mass is 248 g/mol. The minimum absolute atomic E-state index is 0.0265. The van der Waals surface area contributed by atoms with Gasteiger partial charge in [-0.1, -0.05) is 26.0 Å². The Kier molecular flexibility index (Phi) is 6.44. The molecule has 0 radical (unpaired) electrons. The lowest BCUT2D eigenvalue weighted by molar-refractivity contribution is -0.114. The predicted molar refractivity (Wildman–Crippen MR) is 76.6 cm³/mol. The third-order valence-corrected chi connectivity index (χ3v) is 2.76. The Morgan fingerprint density at radius 2 is 1.67 bits per heavy atom. The fourth-order valence-electron chi connectivity index (χ4n) is 2.06. The van der Waals surface area contributed by atoms with Crippen LogP contribution in [0.1, 0.15) is 39.2 Å². The summed E-state index contributed by atoms with van der Waals surface area (Å²) in [5.41, 5.74) is 2.16. The molecule has 0 aliphatic carbocycles. The molecule has 3 heteroatoms. The van der Waals surface area contributed by atoms with Gasteiger partial charge >= 0.3 is 0 Å². The molecule has 0 bridgehead atoms. The maximum atomic E-state index is 10.9. The van der Waals surface area contributed by atoms with Crippen LogP contribution in [-0.2, 0) is 11.3 Å². The van der Waals surface area contributed by atoms with E-state index in [9.17, 15) is 4.79 Å². The van der Waals surface area contributed by atoms with E-state index in [1.807, 2.05) is 12.1 Å². The van der Waals surface area contributed by atoms with Gasteiger partial charge in [0.15, 0.2) is 0 Å². The van der Waals surface area contributed by atoms with E-state index in [1.54, 1.807) is 0 Å². The van der Waals surface area contributed by atoms with Crippen molar-refractivity contribution in [2.75, 3.05) is 18.4 Å². The predicted octanol–water partition coefficient (Wildman–Crippen LogP) is 3.27. The van der Waals surface area contributed by atoms with Crippen LogP contribution in [0.2, 0.25) is 0 Å². The van der Waals surface area contributed by atoms with E-state index in [4.69, 9.17) is 0 Å². The van der Waals surface area contributed by atoms with Crippen molar-refractivity contribution < 1.29 is 4.79 Å². The number of anilines is 1. The number of carbonyl (C=O) groups is 1. The largest absolute Gasteiger partial charge is 0.326 e. The number of hydrogen-bond acceptors (Lipinski definition) is 2. The molecule has 0 aliphatic heterocycles. The van der Waals surface area contributed by atoms with E-state index < -0.39 is 0 Å². The summed E-state index contributed by atoms with van der Waals surface area (Å²) in [4.78, 5) is 13.4. The number of amides is 1. The number of nitrogens with zero attached hydrogens (tertiary/aromatic N) is 1. The summed E-state index contributed by atoms with van der Waals surface area (Å²) in [5, 5.41) is 2.78. The normalized spacial score (nSPS) is 10.7. The van der Waals surface area contributed by atoms with Crippen LogP contribution in [0.15, 0.2) is 24.3 Å². The number of rotatable bonds is 7. The third kappa shape index (κ3) is 5.32. The molecule has 0 unspecified atom stereocenters. The molecule has 0 aromatic heterocycles. The molecule has 0 spiro atoms. The van der Waals surface area contributed by atoms with Gasteiger partial charge < -0.3 is 5.32 Å². The molecule has 1 aromatic rings. The summed E-state index contributed by atoms with van der Waals surface area (Å²) in [6.07, 6.45) is 2.37. The molecule has 0 aliphatic rings. The van der Waals surface area contributed by atoms with Crippen LogP contribution in [0.3, 0.4) is 0 Å². The Morgan fingerprint density at radius 3 is 2.11 bits per heavy atom. The van der Waals surface area contributed by atoms with Gasteiger partial charge in [0.25, 0.3) is 0 Å². The minimum Gasteiger partial charge on any atom is -0.326 e. The summed E-state index contributed by atoms with van der Waals surface area (Å²) in [7, 11) is 0. The second-order valence-electron chi connectivity index (χ2n) is 4.65. The van der Waals surface area contributed by atoms with Crippen LogP contribution in [0.5, 0.6) is 0 Å². The van der Waals surface area contributed by atoms with Gasteiger partial charge in [-0.05, 0) is 43.6 Å². The Hall–Kier alpha value is -1.35. The molecule has 0 heterocycles. The first kappa shape index (κ1) is 14.7. The van der Waals surface area contributed by atoms with Crippen LogP contribution in [-0.4, -0.2) is 23.9 Å². The highest BCUT2D eigenvalue weighted by Crippen LogP contribution is 2.12. The van der Waals surface area contributed by atoms with Gasteiger partial charge in [0.2, 0.25) is 5.91 Å². The van der Waals surface area contributed by atoms with Gasteiger partial charge in [0.1, 0.15) is 0 Å². The van der Waals surface area contributed by atoms with Crippen LogP contribution < -0.4 is 5.32 Å². The molecule has 1 N–H and O–H groups in total.